The topological polar surface area (TPSA) is 139 Å². The van der Waals surface area contributed by atoms with Gasteiger partial charge in [-0.3, -0.25) is 29.4 Å². The van der Waals surface area contributed by atoms with Crippen molar-refractivity contribution in [2.45, 2.75) is 51.2 Å². The van der Waals surface area contributed by atoms with Crippen LogP contribution in [0.25, 0.3) is 21.9 Å². The molecular formula is C43H51N7O7. The van der Waals surface area contributed by atoms with Gasteiger partial charge in [0, 0.05) is 106 Å². The van der Waals surface area contributed by atoms with Crippen molar-refractivity contribution < 1.29 is 28.6 Å². The van der Waals surface area contributed by atoms with E-state index >= 15 is 0 Å². The number of piperidine rings is 2. The number of ether oxygens (including phenoxy) is 3. The number of aromatic nitrogens is 2. The number of pyridine rings is 2. The fourth-order valence-electron chi connectivity index (χ4n) is 8.96. The third-order valence-corrected chi connectivity index (χ3v) is 12.4. The lowest BCUT2D eigenvalue weighted by molar-refractivity contribution is -0.136. The van der Waals surface area contributed by atoms with E-state index in [1.54, 1.807) is 50.1 Å². The fraction of sp³-hybridized carbons (Fsp3) is 0.465. The number of nitrogens with zero attached hydrogens (tertiary/aromatic N) is 6. The molecule has 14 heteroatoms. The van der Waals surface area contributed by atoms with E-state index in [4.69, 9.17) is 14.2 Å². The Morgan fingerprint density at radius 1 is 0.807 bits per heavy atom. The summed E-state index contributed by atoms with van der Waals surface area (Å²) in [5.41, 5.74) is 5.26. The minimum atomic E-state index is -0.596. The smallest absolute Gasteiger partial charge is 0.259 e. The summed E-state index contributed by atoms with van der Waals surface area (Å²) in [5, 5.41) is 3.64. The van der Waals surface area contributed by atoms with Crippen LogP contribution < -0.4 is 30.0 Å². The predicted octanol–water partition coefficient (Wildman–Crippen LogP) is 3.81. The maximum absolute atomic E-state index is 13.4. The molecule has 1 atom stereocenters. The standard InChI is InChI=1S/C43H51N7O7/c1-46-25-34(32-22-40(57-4)44-23-33(32)42(46)53)29-19-37(55-2)35(38(20-29)56-3)26-48-17-15-47(16-18-48)12-9-27-10-13-49(14-11-27)30-6-5-28-24-50(43(54)31(28)21-30)36-7-8-39(51)45-41(36)52/h5-6,19-23,25,27,36H,7-18,24,26H2,1-4H3,(H,45,51,52). The van der Waals surface area contributed by atoms with Gasteiger partial charge in [-0.2, -0.15) is 0 Å². The molecule has 4 aromatic rings. The third-order valence-electron chi connectivity index (χ3n) is 12.4. The van der Waals surface area contributed by atoms with Crippen LogP contribution in [0.15, 0.2) is 53.6 Å². The van der Waals surface area contributed by atoms with E-state index < -0.39 is 6.04 Å². The molecule has 4 aliphatic heterocycles. The monoisotopic (exact) mass is 777 g/mol. The number of benzene rings is 2. The molecule has 0 radical (unpaired) electrons. The summed E-state index contributed by atoms with van der Waals surface area (Å²) in [6.07, 6.45) is 7.42. The molecule has 300 valence electrons. The lowest BCUT2D eigenvalue weighted by Gasteiger charge is -2.37. The van der Waals surface area contributed by atoms with Crippen LogP contribution in [0.1, 0.15) is 53.6 Å². The number of hydrogen-bond donors (Lipinski definition) is 1. The van der Waals surface area contributed by atoms with Crippen molar-refractivity contribution in [2.75, 3.05) is 72.0 Å². The van der Waals surface area contributed by atoms with Gasteiger partial charge in [0.05, 0.1) is 32.3 Å². The van der Waals surface area contributed by atoms with Gasteiger partial charge in [-0.15, -0.1) is 0 Å². The van der Waals surface area contributed by atoms with E-state index in [0.29, 0.717) is 42.3 Å². The number of anilines is 1. The second-order valence-electron chi connectivity index (χ2n) is 15.7. The van der Waals surface area contributed by atoms with E-state index in [0.717, 1.165) is 103 Å². The van der Waals surface area contributed by atoms with Crippen molar-refractivity contribution in [1.29, 1.82) is 0 Å². The summed E-state index contributed by atoms with van der Waals surface area (Å²) >= 11 is 0. The zero-order valence-corrected chi connectivity index (χ0v) is 33.2. The van der Waals surface area contributed by atoms with Gasteiger partial charge in [-0.25, -0.2) is 4.98 Å². The highest BCUT2D eigenvalue weighted by molar-refractivity contribution is 6.05. The number of aryl methyl sites for hydroxylation is 1. The van der Waals surface area contributed by atoms with E-state index in [1.807, 2.05) is 30.5 Å². The number of methoxy groups -OCH3 is 3. The summed E-state index contributed by atoms with van der Waals surface area (Å²) in [6, 6.07) is 11.4. The van der Waals surface area contributed by atoms with E-state index in [9.17, 15) is 19.2 Å². The first-order chi connectivity index (χ1) is 27.6. The Kier molecular flexibility index (Phi) is 10.9. The summed E-state index contributed by atoms with van der Waals surface area (Å²) < 4.78 is 18.9. The van der Waals surface area contributed by atoms with Crippen molar-refractivity contribution >= 4 is 34.2 Å². The van der Waals surface area contributed by atoms with Crippen LogP contribution in [0.4, 0.5) is 5.69 Å². The van der Waals surface area contributed by atoms with Gasteiger partial charge in [0.1, 0.15) is 17.5 Å². The average molecular weight is 778 g/mol. The molecule has 4 aliphatic rings. The van der Waals surface area contributed by atoms with Gasteiger partial charge < -0.3 is 33.5 Å². The summed E-state index contributed by atoms with van der Waals surface area (Å²) in [6.45, 7) is 7.99. The van der Waals surface area contributed by atoms with Gasteiger partial charge in [0.2, 0.25) is 17.7 Å². The second-order valence-corrected chi connectivity index (χ2v) is 15.7. The number of rotatable bonds is 11. The highest BCUT2D eigenvalue weighted by Gasteiger charge is 2.39. The summed E-state index contributed by atoms with van der Waals surface area (Å²) in [4.78, 5) is 63.7. The first-order valence-electron chi connectivity index (χ1n) is 19.9. The number of amides is 3. The average Bonchev–Trinajstić information content (AvgIpc) is 3.56. The number of carbonyl (C=O) groups excluding carboxylic acids is 3. The maximum Gasteiger partial charge on any atom is 0.259 e. The number of carbonyl (C=O) groups is 3. The van der Waals surface area contributed by atoms with Crippen molar-refractivity contribution in [3.63, 3.8) is 0 Å². The number of piperazine rings is 1. The Balaban J connectivity index is 0.838. The molecule has 3 fully saturated rings. The molecule has 1 unspecified atom stereocenters. The van der Waals surface area contributed by atoms with Crippen molar-refractivity contribution in [1.82, 2.24) is 29.6 Å². The Morgan fingerprint density at radius 3 is 2.21 bits per heavy atom. The summed E-state index contributed by atoms with van der Waals surface area (Å²) in [7, 11) is 6.67. The molecule has 2 aromatic carbocycles. The van der Waals surface area contributed by atoms with Crippen LogP contribution in [0, 0.1) is 5.92 Å². The highest BCUT2D eigenvalue weighted by Crippen LogP contribution is 2.39. The summed E-state index contributed by atoms with van der Waals surface area (Å²) in [5.74, 6) is 1.79. The zero-order valence-electron chi connectivity index (χ0n) is 33.2. The van der Waals surface area contributed by atoms with Gasteiger partial charge in [0.15, 0.2) is 0 Å². The number of imide groups is 1. The van der Waals surface area contributed by atoms with Crippen LogP contribution >= 0.6 is 0 Å². The van der Waals surface area contributed by atoms with Crippen LogP contribution in [-0.2, 0) is 29.7 Å². The molecule has 8 rings (SSSR count). The molecule has 3 saturated heterocycles. The van der Waals surface area contributed by atoms with Gasteiger partial charge in [-0.1, -0.05) is 6.07 Å². The number of nitrogens with one attached hydrogen (secondary N) is 1. The molecule has 0 aliphatic carbocycles. The fourth-order valence-corrected chi connectivity index (χ4v) is 8.96. The van der Waals surface area contributed by atoms with Crippen LogP contribution in [0.2, 0.25) is 0 Å². The van der Waals surface area contributed by atoms with Crippen LogP contribution in [0.3, 0.4) is 0 Å². The molecule has 14 nitrogen and oxygen atoms in total. The van der Waals surface area contributed by atoms with E-state index in [1.165, 1.54) is 6.42 Å². The predicted molar refractivity (Wildman–Crippen MR) is 216 cm³/mol. The normalized spacial score (nSPS) is 19.6. The highest BCUT2D eigenvalue weighted by atomic mass is 16.5. The van der Waals surface area contributed by atoms with Crippen molar-refractivity contribution in [3.05, 3.63) is 75.8 Å². The van der Waals surface area contributed by atoms with Crippen molar-refractivity contribution in [3.8, 4) is 28.5 Å². The molecular weight excluding hydrogens is 727 g/mol. The SMILES string of the molecule is COc1cc2c(-c3cc(OC)c(CN4CCN(CCC5CCN(c6ccc7c(c6)C(=O)N(C6CCC(=O)NC6=O)C7)CC5)CC4)c(OC)c3)cn(C)c(=O)c2cn1. The Morgan fingerprint density at radius 2 is 1.53 bits per heavy atom. The first-order valence-corrected chi connectivity index (χ1v) is 19.9. The van der Waals surface area contributed by atoms with E-state index in [-0.39, 0.29) is 29.7 Å². The molecule has 0 bridgehead atoms. The van der Waals surface area contributed by atoms with Crippen molar-refractivity contribution in [2.24, 2.45) is 13.0 Å². The lowest BCUT2D eigenvalue weighted by atomic mass is 9.92. The minimum absolute atomic E-state index is 0.126. The Bertz CT molecular complexity index is 2230. The molecule has 6 heterocycles. The lowest BCUT2D eigenvalue weighted by Crippen LogP contribution is -2.52. The quantitative estimate of drug-likeness (QED) is 0.223. The second kappa shape index (κ2) is 16.2. The molecule has 0 saturated carbocycles. The first kappa shape index (κ1) is 38.4. The Labute approximate surface area is 332 Å². The molecule has 1 N–H and O–H groups in total. The minimum Gasteiger partial charge on any atom is -0.496 e. The van der Waals surface area contributed by atoms with Gasteiger partial charge in [0.25, 0.3) is 11.5 Å². The zero-order chi connectivity index (χ0) is 39.8. The molecule has 0 spiro atoms. The largest absolute Gasteiger partial charge is 0.496 e. The molecule has 57 heavy (non-hydrogen) atoms. The maximum atomic E-state index is 13.4. The van der Waals surface area contributed by atoms with Gasteiger partial charge >= 0.3 is 0 Å². The number of hydrogen-bond acceptors (Lipinski definition) is 11. The Hall–Kier alpha value is -5.47. The van der Waals surface area contributed by atoms with Gasteiger partial charge in [-0.05, 0) is 73.5 Å². The van der Waals surface area contributed by atoms with Crippen LogP contribution in [-0.4, -0.2) is 115 Å². The molecule has 3 amide bonds. The third kappa shape index (κ3) is 7.67. The van der Waals surface area contributed by atoms with E-state index in [2.05, 4.69) is 31.1 Å². The molecule has 2 aromatic heterocycles. The van der Waals surface area contributed by atoms with Crippen LogP contribution in [0.5, 0.6) is 17.4 Å². The number of fused-ring (bicyclic) bond motifs is 2.